The van der Waals surface area contributed by atoms with Crippen LogP contribution in [-0.2, 0) is 0 Å². The van der Waals surface area contributed by atoms with Gasteiger partial charge >= 0.3 is 0 Å². The minimum absolute atomic E-state index is 0.0220. The molecular weight excluding hydrogens is 298 g/mol. The van der Waals surface area contributed by atoms with E-state index in [1.165, 1.54) is 5.56 Å². The van der Waals surface area contributed by atoms with E-state index in [9.17, 15) is 4.79 Å². The van der Waals surface area contributed by atoms with Crippen molar-refractivity contribution in [3.63, 3.8) is 0 Å². The fraction of sp³-hybridized carbons (Fsp3) is 0.250. The van der Waals surface area contributed by atoms with Crippen molar-refractivity contribution in [3.8, 4) is 0 Å². The molecule has 3 aromatic rings. The molecular formula is C20H19N3O. The Bertz CT molecular complexity index is 964. The fourth-order valence-corrected chi connectivity index (χ4v) is 3.33. The molecule has 4 nitrogen and oxygen atoms in total. The Morgan fingerprint density at radius 1 is 1.04 bits per heavy atom. The standard InChI is InChI=1S/C20H19N3O/c1-12-11-23(19-7-5-4-6-16(12)19)20(24)15-8-9-17-18(10-15)22-14(3)13(2)21-17/h4-10,12H,11H2,1-3H3. The van der Waals surface area contributed by atoms with Gasteiger partial charge in [0.2, 0.25) is 0 Å². The lowest BCUT2D eigenvalue weighted by Gasteiger charge is -2.18. The number of carbonyl (C=O) groups excluding carboxylic acids is 1. The summed E-state index contributed by atoms with van der Waals surface area (Å²) >= 11 is 0. The van der Waals surface area contributed by atoms with Gasteiger partial charge in [0.05, 0.1) is 22.4 Å². The molecule has 0 bridgehead atoms. The molecule has 0 saturated heterocycles. The zero-order valence-electron chi connectivity index (χ0n) is 14.1. The summed E-state index contributed by atoms with van der Waals surface area (Å²) in [5.74, 6) is 0.379. The molecule has 1 aliphatic rings. The van der Waals surface area contributed by atoms with E-state index in [4.69, 9.17) is 0 Å². The van der Waals surface area contributed by atoms with Crippen LogP contribution in [0.4, 0.5) is 5.69 Å². The van der Waals surface area contributed by atoms with Gasteiger partial charge in [0, 0.05) is 23.7 Å². The van der Waals surface area contributed by atoms with Gasteiger partial charge in [-0.25, -0.2) is 9.97 Å². The van der Waals surface area contributed by atoms with E-state index in [2.05, 4.69) is 23.0 Å². The first-order valence-corrected chi connectivity index (χ1v) is 8.20. The molecule has 0 spiro atoms. The molecule has 0 fully saturated rings. The topological polar surface area (TPSA) is 46.1 Å². The summed E-state index contributed by atoms with van der Waals surface area (Å²) in [4.78, 5) is 24.0. The van der Waals surface area contributed by atoms with Crippen molar-refractivity contribution in [2.45, 2.75) is 26.7 Å². The van der Waals surface area contributed by atoms with Crippen molar-refractivity contribution < 1.29 is 4.79 Å². The Kier molecular flexibility index (Phi) is 3.34. The molecule has 0 saturated carbocycles. The number of rotatable bonds is 1. The third-order valence-electron chi connectivity index (χ3n) is 4.78. The van der Waals surface area contributed by atoms with Gasteiger partial charge in [-0.15, -0.1) is 0 Å². The first-order chi connectivity index (χ1) is 11.5. The summed E-state index contributed by atoms with van der Waals surface area (Å²) in [5.41, 5.74) is 6.31. The van der Waals surface area contributed by atoms with Crippen LogP contribution in [0.3, 0.4) is 0 Å². The SMILES string of the molecule is Cc1nc2ccc(C(=O)N3CC(C)c4ccccc43)cc2nc1C. The van der Waals surface area contributed by atoms with Gasteiger partial charge in [-0.2, -0.15) is 0 Å². The molecule has 4 heteroatoms. The number of hydrogen-bond donors (Lipinski definition) is 0. The van der Waals surface area contributed by atoms with E-state index in [1.807, 2.05) is 55.1 Å². The van der Waals surface area contributed by atoms with Crippen molar-refractivity contribution >= 4 is 22.6 Å². The fourth-order valence-electron chi connectivity index (χ4n) is 3.33. The smallest absolute Gasteiger partial charge is 0.258 e. The minimum atomic E-state index is 0.0220. The van der Waals surface area contributed by atoms with Crippen molar-refractivity contribution in [1.82, 2.24) is 9.97 Å². The predicted octanol–water partition coefficient (Wildman–Crippen LogP) is 4.01. The number of aryl methyl sites for hydroxylation is 2. The third kappa shape index (κ3) is 2.26. The van der Waals surface area contributed by atoms with Gasteiger partial charge < -0.3 is 4.90 Å². The van der Waals surface area contributed by atoms with Crippen LogP contribution in [0.1, 0.15) is 40.2 Å². The van der Waals surface area contributed by atoms with E-state index < -0.39 is 0 Å². The molecule has 0 N–H and O–H groups in total. The summed E-state index contributed by atoms with van der Waals surface area (Å²) in [6, 6.07) is 13.7. The molecule has 1 atom stereocenters. The summed E-state index contributed by atoms with van der Waals surface area (Å²) in [5, 5.41) is 0. The maximum absolute atomic E-state index is 13.0. The number of para-hydroxylation sites is 1. The molecule has 1 amide bonds. The Morgan fingerprint density at radius 2 is 1.75 bits per heavy atom. The van der Waals surface area contributed by atoms with Crippen molar-refractivity contribution in [1.29, 1.82) is 0 Å². The van der Waals surface area contributed by atoms with Gasteiger partial charge in [0.15, 0.2) is 0 Å². The maximum atomic E-state index is 13.0. The van der Waals surface area contributed by atoms with Crippen LogP contribution in [0.15, 0.2) is 42.5 Å². The Morgan fingerprint density at radius 3 is 2.54 bits per heavy atom. The number of carbonyl (C=O) groups is 1. The zero-order valence-corrected chi connectivity index (χ0v) is 14.1. The first-order valence-electron chi connectivity index (χ1n) is 8.20. The summed E-state index contributed by atoms with van der Waals surface area (Å²) in [7, 11) is 0. The van der Waals surface area contributed by atoms with E-state index in [0.717, 1.165) is 34.7 Å². The number of anilines is 1. The van der Waals surface area contributed by atoms with Crippen LogP contribution in [0.2, 0.25) is 0 Å². The van der Waals surface area contributed by atoms with Gasteiger partial charge in [-0.1, -0.05) is 25.1 Å². The van der Waals surface area contributed by atoms with E-state index >= 15 is 0 Å². The molecule has 2 aromatic carbocycles. The van der Waals surface area contributed by atoms with Crippen LogP contribution >= 0.6 is 0 Å². The second-order valence-corrected chi connectivity index (χ2v) is 6.47. The number of aromatic nitrogens is 2. The highest BCUT2D eigenvalue weighted by Gasteiger charge is 2.30. The normalized spacial score (nSPS) is 16.5. The van der Waals surface area contributed by atoms with Crippen LogP contribution in [-0.4, -0.2) is 22.4 Å². The summed E-state index contributed by atoms with van der Waals surface area (Å²) in [6.45, 7) is 6.76. The molecule has 24 heavy (non-hydrogen) atoms. The summed E-state index contributed by atoms with van der Waals surface area (Å²) < 4.78 is 0. The lowest BCUT2D eigenvalue weighted by molar-refractivity contribution is 0.0988. The molecule has 1 unspecified atom stereocenters. The first kappa shape index (κ1) is 14.8. The van der Waals surface area contributed by atoms with Crippen molar-refractivity contribution in [2.24, 2.45) is 0 Å². The predicted molar refractivity (Wildman–Crippen MR) is 95.5 cm³/mol. The van der Waals surface area contributed by atoms with Gasteiger partial charge in [0.1, 0.15) is 0 Å². The van der Waals surface area contributed by atoms with E-state index in [-0.39, 0.29) is 5.91 Å². The number of amides is 1. The average molecular weight is 317 g/mol. The third-order valence-corrected chi connectivity index (χ3v) is 4.78. The number of fused-ring (bicyclic) bond motifs is 2. The van der Waals surface area contributed by atoms with Crippen LogP contribution in [0, 0.1) is 13.8 Å². The van der Waals surface area contributed by atoms with Crippen LogP contribution < -0.4 is 4.90 Å². The van der Waals surface area contributed by atoms with Gasteiger partial charge in [-0.05, 0) is 43.7 Å². The number of nitrogens with zero attached hydrogens (tertiary/aromatic N) is 3. The van der Waals surface area contributed by atoms with Crippen molar-refractivity contribution in [3.05, 3.63) is 65.0 Å². The second kappa shape index (κ2) is 5.41. The molecule has 4 rings (SSSR count). The molecule has 2 heterocycles. The Labute approximate surface area is 141 Å². The lowest BCUT2D eigenvalue weighted by atomic mass is 10.0. The van der Waals surface area contributed by atoms with Crippen LogP contribution in [0.5, 0.6) is 0 Å². The monoisotopic (exact) mass is 317 g/mol. The minimum Gasteiger partial charge on any atom is -0.307 e. The quantitative estimate of drug-likeness (QED) is 0.681. The summed E-state index contributed by atoms with van der Waals surface area (Å²) in [6.07, 6.45) is 0. The second-order valence-electron chi connectivity index (χ2n) is 6.47. The zero-order chi connectivity index (χ0) is 16.8. The highest BCUT2D eigenvalue weighted by atomic mass is 16.2. The highest BCUT2D eigenvalue weighted by molar-refractivity contribution is 6.08. The molecule has 1 aromatic heterocycles. The average Bonchev–Trinajstić information content (AvgIpc) is 2.92. The Balaban J connectivity index is 1.75. The van der Waals surface area contributed by atoms with Crippen molar-refractivity contribution in [2.75, 3.05) is 11.4 Å². The number of hydrogen-bond acceptors (Lipinski definition) is 3. The highest BCUT2D eigenvalue weighted by Crippen LogP contribution is 2.36. The van der Waals surface area contributed by atoms with E-state index in [0.29, 0.717) is 11.5 Å². The maximum Gasteiger partial charge on any atom is 0.258 e. The largest absolute Gasteiger partial charge is 0.307 e. The Hall–Kier alpha value is -2.75. The lowest BCUT2D eigenvalue weighted by Crippen LogP contribution is -2.29. The van der Waals surface area contributed by atoms with Gasteiger partial charge in [0.25, 0.3) is 5.91 Å². The molecule has 0 radical (unpaired) electrons. The number of benzene rings is 2. The molecule has 120 valence electrons. The van der Waals surface area contributed by atoms with Crippen LogP contribution in [0.25, 0.3) is 11.0 Å². The van der Waals surface area contributed by atoms with Gasteiger partial charge in [-0.3, -0.25) is 4.79 Å². The molecule has 1 aliphatic heterocycles. The molecule has 0 aliphatic carbocycles. The van der Waals surface area contributed by atoms with E-state index in [1.54, 1.807) is 0 Å².